The molecule has 1 aliphatic rings. The number of nitrogens with zero attached hydrogens (tertiary/aromatic N) is 2. The number of rotatable bonds is 5. The number of amides is 1. The predicted octanol–water partition coefficient (Wildman–Crippen LogP) is 1.26. The molecule has 0 unspecified atom stereocenters. The van der Waals surface area contributed by atoms with Crippen LogP contribution in [-0.4, -0.2) is 51.4 Å². The van der Waals surface area contributed by atoms with Gasteiger partial charge in [0.15, 0.2) is 6.79 Å². The highest BCUT2D eigenvalue weighted by molar-refractivity contribution is 5.62. The molecule has 1 fully saturated rings. The number of aryl methyl sites for hydroxylation is 1. The predicted molar refractivity (Wildman–Crippen MR) is 73.5 cm³/mol. The topological polar surface area (TPSA) is 42.0 Å². The van der Waals surface area contributed by atoms with E-state index in [0.29, 0.717) is 0 Å². The highest BCUT2D eigenvalue weighted by Gasteiger charge is 2.19. The van der Waals surface area contributed by atoms with Gasteiger partial charge in [-0.2, -0.15) is 0 Å². The van der Waals surface area contributed by atoms with Crippen LogP contribution in [0, 0.1) is 6.92 Å². The Hall–Kier alpha value is -1.75. The van der Waals surface area contributed by atoms with Crippen LogP contribution in [0.15, 0.2) is 18.2 Å². The first-order chi connectivity index (χ1) is 9.26. The molecule has 0 bridgehead atoms. The van der Waals surface area contributed by atoms with E-state index in [4.69, 9.17) is 9.47 Å². The lowest BCUT2D eigenvalue weighted by molar-refractivity contribution is -0.118. The summed E-state index contributed by atoms with van der Waals surface area (Å²) in [5, 5.41) is 0. The number of para-hydroxylation sites is 1. The smallest absolute Gasteiger partial charge is 0.209 e. The van der Waals surface area contributed by atoms with Crippen LogP contribution in [0.25, 0.3) is 0 Å². The molecule has 2 rings (SSSR count). The second kappa shape index (κ2) is 6.43. The van der Waals surface area contributed by atoms with E-state index in [1.54, 1.807) is 12.0 Å². The third-order valence-electron chi connectivity index (χ3n) is 3.32. The minimum Gasteiger partial charge on any atom is -0.465 e. The summed E-state index contributed by atoms with van der Waals surface area (Å²) in [4.78, 5) is 14.8. The van der Waals surface area contributed by atoms with Gasteiger partial charge in [0.05, 0.1) is 5.69 Å². The van der Waals surface area contributed by atoms with Crippen molar-refractivity contribution >= 4 is 12.1 Å². The summed E-state index contributed by atoms with van der Waals surface area (Å²) >= 11 is 0. The van der Waals surface area contributed by atoms with Gasteiger partial charge in [-0.25, -0.2) is 0 Å². The van der Waals surface area contributed by atoms with Gasteiger partial charge in [-0.3, -0.25) is 4.79 Å². The monoisotopic (exact) mass is 264 g/mol. The number of anilines is 1. The van der Waals surface area contributed by atoms with Crippen LogP contribution >= 0.6 is 0 Å². The molecule has 1 aromatic carbocycles. The van der Waals surface area contributed by atoms with Crippen LogP contribution < -0.4 is 9.64 Å². The third kappa shape index (κ3) is 3.17. The summed E-state index contributed by atoms with van der Waals surface area (Å²) in [5.41, 5.74) is 2.16. The SMILES string of the molecule is COCOc1c(C)cccc1N1CCN(C=O)CC1. The Morgan fingerprint density at radius 1 is 1.26 bits per heavy atom. The van der Waals surface area contributed by atoms with Gasteiger partial charge in [0, 0.05) is 33.3 Å². The molecule has 0 saturated carbocycles. The van der Waals surface area contributed by atoms with Crippen molar-refractivity contribution in [1.82, 2.24) is 4.90 Å². The van der Waals surface area contributed by atoms with E-state index in [-0.39, 0.29) is 6.79 Å². The number of carbonyl (C=O) groups excluding carboxylic acids is 1. The van der Waals surface area contributed by atoms with Gasteiger partial charge in [0.25, 0.3) is 0 Å². The van der Waals surface area contributed by atoms with Crippen LogP contribution in [0.2, 0.25) is 0 Å². The number of piperazine rings is 1. The van der Waals surface area contributed by atoms with Crippen LogP contribution in [0.5, 0.6) is 5.75 Å². The first-order valence-corrected chi connectivity index (χ1v) is 6.42. The minimum absolute atomic E-state index is 0.242. The summed E-state index contributed by atoms with van der Waals surface area (Å²) in [5.74, 6) is 0.865. The van der Waals surface area contributed by atoms with Crippen LogP contribution in [0.1, 0.15) is 5.56 Å². The number of hydrogen-bond acceptors (Lipinski definition) is 4. The van der Waals surface area contributed by atoms with E-state index < -0.39 is 0 Å². The normalized spacial score (nSPS) is 15.5. The molecule has 0 aliphatic carbocycles. The van der Waals surface area contributed by atoms with E-state index >= 15 is 0 Å². The van der Waals surface area contributed by atoms with Gasteiger partial charge in [-0.15, -0.1) is 0 Å². The Morgan fingerprint density at radius 3 is 2.63 bits per heavy atom. The quantitative estimate of drug-likeness (QED) is 0.593. The van der Waals surface area contributed by atoms with Crippen LogP contribution in [-0.2, 0) is 9.53 Å². The standard InChI is InChI=1S/C14H20N2O3/c1-12-4-3-5-13(14(12)19-11-18-2)16-8-6-15(10-17)7-9-16/h3-5,10H,6-9,11H2,1-2H3. The second-order valence-corrected chi connectivity index (χ2v) is 4.60. The van der Waals surface area contributed by atoms with Gasteiger partial charge in [-0.1, -0.05) is 12.1 Å². The van der Waals surface area contributed by atoms with E-state index in [2.05, 4.69) is 11.0 Å². The molecule has 19 heavy (non-hydrogen) atoms. The lowest BCUT2D eigenvalue weighted by Crippen LogP contribution is -2.45. The fourth-order valence-electron chi connectivity index (χ4n) is 2.26. The van der Waals surface area contributed by atoms with Gasteiger partial charge in [0.2, 0.25) is 6.41 Å². The van der Waals surface area contributed by atoms with Crippen LogP contribution in [0.3, 0.4) is 0 Å². The number of benzene rings is 1. The number of methoxy groups -OCH3 is 1. The fourth-order valence-corrected chi connectivity index (χ4v) is 2.26. The Balaban J connectivity index is 2.15. The number of ether oxygens (including phenoxy) is 2. The molecule has 104 valence electrons. The maximum atomic E-state index is 10.7. The Labute approximate surface area is 113 Å². The molecule has 1 amide bonds. The first kappa shape index (κ1) is 13.7. The van der Waals surface area contributed by atoms with Gasteiger partial charge < -0.3 is 19.3 Å². The largest absolute Gasteiger partial charge is 0.465 e. The van der Waals surface area contributed by atoms with Crippen molar-refractivity contribution in [3.8, 4) is 5.75 Å². The van der Waals surface area contributed by atoms with Crippen molar-refractivity contribution in [2.75, 3.05) is 45.0 Å². The van der Waals surface area contributed by atoms with E-state index in [1.165, 1.54) is 0 Å². The average molecular weight is 264 g/mol. The van der Waals surface area contributed by atoms with Gasteiger partial charge in [0.1, 0.15) is 5.75 Å². The fraction of sp³-hybridized carbons (Fsp3) is 0.500. The molecule has 0 aromatic heterocycles. The molecular formula is C14H20N2O3. The van der Waals surface area contributed by atoms with Crippen molar-refractivity contribution in [2.45, 2.75) is 6.92 Å². The van der Waals surface area contributed by atoms with Crippen LogP contribution in [0.4, 0.5) is 5.69 Å². The molecule has 1 saturated heterocycles. The summed E-state index contributed by atoms with van der Waals surface area (Å²) in [7, 11) is 1.61. The van der Waals surface area contributed by atoms with Crippen molar-refractivity contribution < 1.29 is 14.3 Å². The average Bonchev–Trinajstić information content (AvgIpc) is 2.46. The van der Waals surface area contributed by atoms with E-state index in [1.807, 2.05) is 19.1 Å². The molecule has 0 atom stereocenters. The lowest BCUT2D eigenvalue weighted by atomic mass is 10.1. The number of hydrogen-bond donors (Lipinski definition) is 0. The molecule has 1 aliphatic heterocycles. The summed E-state index contributed by atoms with van der Waals surface area (Å²) < 4.78 is 10.7. The maximum absolute atomic E-state index is 10.7. The van der Waals surface area contributed by atoms with Crippen molar-refractivity contribution in [1.29, 1.82) is 0 Å². The molecule has 0 radical (unpaired) electrons. The molecule has 0 spiro atoms. The molecule has 1 aromatic rings. The van der Waals surface area contributed by atoms with E-state index in [9.17, 15) is 4.79 Å². The molecule has 5 nitrogen and oxygen atoms in total. The highest BCUT2D eigenvalue weighted by atomic mass is 16.7. The zero-order valence-corrected chi connectivity index (χ0v) is 11.5. The maximum Gasteiger partial charge on any atom is 0.209 e. The molecule has 0 N–H and O–H groups in total. The molecular weight excluding hydrogens is 244 g/mol. The first-order valence-electron chi connectivity index (χ1n) is 6.42. The van der Waals surface area contributed by atoms with Crippen molar-refractivity contribution in [2.24, 2.45) is 0 Å². The van der Waals surface area contributed by atoms with Gasteiger partial charge in [-0.05, 0) is 18.6 Å². The van der Waals surface area contributed by atoms with Gasteiger partial charge >= 0.3 is 0 Å². The third-order valence-corrected chi connectivity index (χ3v) is 3.32. The Bertz CT molecular complexity index is 429. The Kier molecular flexibility index (Phi) is 4.63. The molecule has 1 heterocycles. The lowest BCUT2D eigenvalue weighted by Gasteiger charge is -2.35. The van der Waals surface area contributed by atoms with Crippen molar-refractivity contribution in [3.05, 3.63) is 23.8 Å². The highest BCUT2D eigenvalue weighted by Crippen LogP contribution is 2.32. The van der Waals surface area contributed by atoms with E-state index in [0.717, 1.165) is 49.6 Å². The summed E-state index contributed by atoms with van der Waals surface area (Å²) in [6.07, 6.45) is 0.913. The second-order valence-electron chi connectivity index (χ2n) is 4.60. The zero-order chi connectivity index (χ0) is 13.7. The zero-order valence-electron chi connectivity index (χ0n) is 11.5. The number of carbonyl (C=O) groups is 1. The summed E-state index contributed by atoms with van der Waals surface area (Å²) in [6.45, 7) is 5.42. The Morgan fingerprint density at radius 2 is 2.00 bits per heavy atom. The van der Waals surface area contributed by atoms with Crippen molar-refractivity contribution in [3.63, 3.8) is 0 Å². The molecule has 5 heteroatoms. The minimum atomic E-state index is 0.242. The summed E-state index contributed by atoms with van der Waals surface area (Å²) in [6, 6.07) is 6.10.